The average molecular weight is 246 g/mol. The van der Waals surface area contributed by atoms with Gasteiger partial charge in [-0.25, -0.2) is 0 Å². The van der Waals surface area contributed by atoms with E-state index < -0.39 is 0 Å². The number of carbonyl (C=O) groups excluding carboxylic acids is 1. The number of benzene rings is 1. The summed E-state index contributed by atoms with van der Waals surface area (Å²) in [5.74, 6) is 0.288. The largest absolute Gasteiger partial charge is 0.507 e. The highest BCUT2D eigenvalue weighted by Gasteiger charge is 2.11. The summed E-state index contributed by atoms with van der Waals surface area (Å²) in [6, 6.07) is 4.92. The number of hydrogen-bond donors (Lipinski definition) is 2. The zero-order chi connectivity index (χ0) is 13.1. The molecule has 0 saturated heterocycles. The lowest BCUT2D eigenvalue weighted by Crippen LogP contribution is -2.24. The fourth-order valence-electron chi connectivity index (χ4n) is 1.56. The Morgan fingerprint density at radius 3 is 2.89 bits per heavy atom. The molecule has 1 amide bonds. The topological polar surface area (TPSA) is 80.0 Å². The molecular weight excluding hydrogens is 232 g/mol. The van der Waals surface area contributed by atoms with Crippen molar-refractivity contribution in [3.63, 3.8) is 0 Å². The van der Waals surface area contributed by atoms with E-state index in [9.17, 15) is 9.90 Å². The maximum absolute atomic E-state index is 11.9. The molecule has 0 bridgehead atoms. The van der Waals surface area contributed by atoms with Crippen LogP contribution in [-0.2, 0) is 13.6 Å². The van der Waals surface area contributed by atoms with Gasteiger partial charge in [0, 0.05) is 7.05 Å². The number of phenolic OH excluding ortho intramolecular Hbond substituents is 1. The molecule has 2 N–H and O–H groups in total. The second-order valence-corrected chi connectivity index (χ2v) is 4.06. The Bertz CT molecular complexity index is 577. The van der Waals surface area contributed by atoms with Crippen LogP contribution in [0.5, 0.6) is 5.75 Å². The zero-order valence-corrected chi connectivity index (χ0v) is 10.2. The van der Waals surface area contributed by atoms with Crippen LogP contribution >= 0.6 is 0 Å². The predicted octanol–water partition coefficient (Wildman–Crippen LogP) is 0.759. The van der Waals surface area contributed by atoms with Gasteiger partial charge in [-0.3, -0.25) is 4.79 Å². The lowest BCUT2D eigenvalue weighted by Gasteiger charge is -2.07. The number of aromatic hydroxyl groups is 1. The van der Waals surface area contributed by atoms with Crippen LogP contribution in [0.3, 0.4) is 0 Å². The monoisotopic (exact) mass is 246 g/mol. The van der Waals surface area contributed by atoms with Crippen LogP contribution in [0.1, 0.15) is 21.7 Å². The molecule has 1 heterocycles. The molecule has 0 aliphatic rings. The van der Waals surface area contributed by atoms with E-state index in [1.807, 2.05) is 6.92 Å². The summed E-state index contributed by atoms with van der Waals surface area (Å²) in [4.78, 5) is 11.9. The first-order valence-corrected chi connectivity index (χ1v) is 5.48. The van der Waals surface area contributed by atoms with Crippen LogP contribution in [-0.4, -0.2) is 25.8 Å². The van der Waals surface area contributed by atoms with E-state index in [-0.39, 0.29) is 23.8 Å². The smallest absolute Gasteiger partial charge is 0.255 e. The molecule has 0 fully saturated rings. The minimum atomic E-state index is -0.337. The summed E-state index contributed by atoms with van der Waals surface area (Å²) in [6.07, 6.45) is 1.56. The maximum Gasteiger partial charge on any atom is 0.255 e. The first kappa shape index (κ1) is 12.1. The van der Waals surface area contributed by atoms with Gasteiger partial charge in [0.25, 0.3) is 5.91 Å². The van der Waals surface area contributed by atoms with Crippen LogP contribution in [0.2, 0.25) is 0 Å². The lowest BCUT2D eigenvalue weighted by molar-refractivity contribution is 0.0947. The number of rotatable bonds is 3. The number of nitrogens with zero attached hydrogens (tertiary/aromatic N) is 3. The van der Waals surface area contributed by atoms with Crippen molar-refractivity contribution in [3.05, 3.63) is 41.5 Å². The van der Waals surface area contributed by atoms with Gasteiger partial charge in [0.2, 0.25) is 0 Å². The van der Waals surface area contributed by atoms with E-state index in [4.69, 9.17) is 0 Å². The minimum absolute atomic E-state index is 0.0227. The molecule has 0 aliphatic heterocycles. The molecule has 0 radical (unpaired) electrons. The summed E-state index contributed by atoms with van der Waals surface area (Å²) in [5, 5.41) is 19.9. The Morgan fingerprint density at radius 1 is 1.50 bits per heavy atom. The summed E-state index contributed by atoms with van der Waals surface area (Å²) in [5.41, 5.74) is 1.15. The highest BCUT2D eigenvalue weighted by atomic mass is 16.3. The molecule has 94 valence electrons. The highest BCUT2D eigenvalue weighted by Crippen LogP contribution is 2.18. The van der Waals surface area contributed by atoms with Crippen molar-refractivity contribution in [3.8, 4) is 5.75 Å². The predicted molar refractivity (Wildman–Crippen MR) is 65.0 cm³/mol. The number of carbonyl (C=O) groups is 1. The Labute approximate surface area is 104 Å². The van der Waals surface area contributed by atoms with Gasteiger partial charge in [-0.15, -0.1) is 10.2 Å². The Morgan fingerprint density at radius 2 is 2.28 bits per heavy atom. The Hall–Kier alpha value is -2.37. The van der Waals surface area contributed by atoms with Gasteiger partial charge in [-0.1, -0.05) is 6.07 Å². The third kappa shape index (κ3) is 2.48. The van der Waals surface area contributed by atoms with Crippen molar-refractivity contribution in [2.24, 2.45) is 7.05 Å². The molecule has 2 rings (SSSR count). The van der Waals surface area contributed by atoms with E-state index in [0.29, 0.717) is 5.82 Å². The fourth-order valence-corrected chi connectivity index (χ4v) is 1.56. The van der Waals surface area contributed by atoms with Crippen molar-refractivity contribution in [1.29, 1.82) is 0 Å². The van der Waals surface area contributed by atoms with Crippen molar-refractivity contribution in [1.82, 2.24) is 20.1 Å². The third-order valence-corrected chi connectivity index (χ3v) is 2.61. The van der Waals surface area contributed by atoms with Crippen molar-refractivity contribution < 1.29 is 9.90 Å². The number of aryl methyl sites for hydroxylation is 2. The first-order chi connectivity index (χ1) is 8.58. The van der Waals surface area contributed by atoms with Gasteiger partial charge in [0.1, 0.15) is 12.1 Å². The average Bonchev–Trinajstić information content (AvgIpc) is 2.72. The third-order valence-electron chi connectivity index (χ3n) is 2.61. The van der Waals surface area contributed by atoms with Crippen LogP contribution in [0.4, 0.5) is 0 Å². The van der Waals surface area contributed by atoms with E-state index in [1.54, 1.807) is 36.1 Å². The Kier molecular flexibility index (Phi) is 3.27. The molecule has 1 aromatic heterocycles. The van der Waals surface area contributed by atoms with Crippen LogP contribution < -0.4 is 5.32 Å². The van der Waals surface area contributed by atoms with Crippen LogP contribution in [0, 0.1) is 6.92 Å². The molecule has 6 nitrogen and oxygen atoms in total. The summed E-state index contributed by atoms with van der Waals surface area (Å²) < 4.78 is 1.72. The number of amides is 1. The standard InChI is InChI=1S/C12H14N4O2/c1-8-3-4-9(10(17)5-8)12(18)13-6-11-15-14-7-16(11)2/h3-5,7,17H,6H2,1-2H3,(H,13,18). The zero-order valence-electron chi connectivity index (χ0n) is 10.2. The second kappa shape index (κ2) is 4.87. The van der Waals surface area contributed by atoms with Crippen molar-refractivity contribution in [2.75, 3.05) is 0 Å². The van der Waals surface area contributed by atoms with E-state index in [0.717, 1.165) is 5.56 Å². The molecule has 6 heteroatoms. The van der Waals surface area contributed by atoms with Crippen molar-refractivity contribution >= 4 is 5.91 Å². The van der Waals surface area contributed by atoms with E-state index in [1.165, 1.54) is 0 Å². The lowest BCUT2D eigenvalue weighted by atomic mass is 10.1. The van der Waals surface area contributed by atoms with Gasteiger partial charge < -0.3 is 15.0 Å². The van der Waals surface area contributed by atoms with Gasteiger partial charge in [0.05, 0.1) is 12.1 Å². The molecule has 2 aromatic rings. The van der Waals surface area contributed by atoms with Crippen LogP contribution in [0.15, 0.2) is 24.5 Å². The number of aromatic nitrogens is 3. The number of hydrogen-bond acceptors (Lipinski definition) is 4. The maximum atomic E-state index is 11.9. The van der Waals surface area contributed by atoms with Crippen LogP contribution in [0.25, 0.3) is 0 Å². The molecular formula is C12H14N4O2. The highest BCUT2D eigenvalue weighted by molar-refractivity contribution is 5.96. The molecule has 0 aliphatic carbocycles. The van der Waals surface area contributed by atoms with E-state index in [2.05, 4.69) is 15.5 Å². The molecule has 0 saturated carbocycles. The Balaban J connectivity index is 2.06. The van der Waals surface area contributed by atoms with Gasteiger partial charge in [-0.05, 0) is 24.6 Å². The minimum Gasteiger partial charge on any atom is -0.507 e. The summed E-state index contributed by atoms with van der Waals surface area (Å²) in [7, 11) is 1.80. The van der Waals surface area contributed by atoms with Gasteiger partial charge in [-0.2, -0.15) is 0 Å². The SMILES string of the molecule is Cc1ccc(C(=O)NCc2nncn2C)c(O)c1. The number of phenols is 1. The normalized spacial score (nSPS) is 10.3. The quantitative estimate of drug-likeness (QED) is 0.837. The van der Waals surface area contributed by atoms with E-state index >= 15 is 0 Å². The van der Waals surface area contributed by atoms with Gasteiger partial charge >= 0.3 is 0 Å². The fraction of sp³-hybridized carbons (Fsp3) is 0.250. The summed E-state index contributed by atoms with van der Waals surface area (Å²) in [6.45, 7) is 2.11. The van der Waals surface area contributed by atoms with Crippen molar-refractivity contribution in [2.45, 2.75) is 13.5 Å². The van der Waals surface area contributed by atoms with Gasteiger partial charge in [0.15, 0.2) is 5.82 Å². The summed E-state index contributed by atoms with van der Waals surface area (Å²) >= 11 is 0. The first-order valence-electron chi connectivity index (χ1n) is 5.48. The molecule has 0 unspecified atom stereocenters. The molecule has 0 atom stereocenters. The molecule has 0 spiro atoms. The second-order valence-electron chi connectivity index (χ2n) is 4.06. The molecule has 1 aromatic carbocycles. The number of nitrogens with one attached hydrogen (secondary N) is 1. The molecule has 18 heavy (non-hydrogen) atoms.